The summed E-state index contributed by atoms with van der Waals surface area (Å²) in [5, 5.41) is 3.19. The highest BCUT2D eigenvalue weighted by Crippen LogP contribution is 2.05. The Balaban J connectivity index is 3.72. The van der Waals surface area contributed by atoms with Gasteiger partial charge in [0.05, 0.1) is 18.1 Å². The fraction of sp³-hybridized carbons (Fsp3) is 0.909. The summed E-state index contributed by atoms with van der Waals surface area (Å²) in [6, 6.07) is 0. The number of esters is 1. The standard InChI is InChI=1S/C11H23NO3/c1-6-15-10(13)9(2)7-12-8-11(3,4)14-5/h9,12H,6-8H2,1-5H3. The van der Waals surface area contributed by atoms with E-state index >= 15 is 0 Å². The first kappa shape index (κ1) is 14.4. The second-order valence-corrected chi connectivity index (χ2v) is 4.25. The smallest absolute Gasteiger partial charge is 0.309 e. The van der Waals surface area contributed by atoms with Crippen LogP contribution < -0.4 is 5.32 Å². The third-order valence-electron chi connectivity index (χ3n) is 2.24. The Labute approximate surface area is 92.3 Å². The maximum absolute atomic E-state index is 11.3. The summed E-state index contributed by atoms with van der Waals surface area (Å²) in [7, 11) is 1.68. The van der Waals surface area contributed by atoms with E-state index in [0.29, 0.717) is 19.7 Å². The van der Waals surface area contributed by atoms with Crippen LogP contribution in [-0.2, 0) is 14.3 Å². The van der Waals surface area contributed by atoms with Crippen LogP contribution >= 0.6 is 0 Å². The average Bonchev–Trinajstić information content (AvgIpc) is 2.18. The molecule has 1 atom stereocenters. The Bertz CT molecular complexity index is 192. The van der Waals surface area contributed by atoms with Crippen LogP contribution in [0.3, 0.4) is 0 Å². The van der Waals surface area contributed by atoms with Gasteiger partial charge in [0.25, 0.3) is 0 Å². The van der Waals surface area contributed by atoms with E-state index in [9.17, 15) is 4.79 Å². The second-order valence-electron chi connectivity index (χ2n) is 4.25. The molecule has 0 radical (unpaired) electrons. The van der Waals surface area contributed by atoms with Gasteiger partial charge < -0.3 is 14.8 Å². The van der Waals surface area contributed by atoms with Crippen molar-refractivity contribution in [2.75, 3.05) is 26.8 Å². The minimum Gasteiger partial charge on any atom is -0.466 e. The number of hydrogen-bond acceptors (Lipinski definition) is 4. The van der Waals surface area contributed by atoms with E-state index in [-0.39, 0.29) is 17.5 Å². The zero-order valence-corrected chi connectivity index (χ0v) is 10.4. The molecule has 0 aliphatic carbocycles. The summed E-state index contributed by atoms with van der Waals surface area (Å²) in [5.74, 6) is -0.266. The van der Waals surface area contributed by atoms with E-state index in [1.807, 2.05) is 27.7 Å². The van der Waals surface area contributed by atoms with Crippen molar-refractivity contribution in [2.45, 2.75) is 33.3 Å². The molecule has 0 spiro atoms. The summed E-state index contributed by atoms with van der Waals surface area (Å²) in [6.07, 6.45) is 0. The molecule has 15 heavy (non-hydrogen) atoms. The van der Waals surface area contributed by atoms with Gasteiger partial charge in [-0.1, -0.05) is 6.92 Å². The highest BCUT2D eigenvalue weighted by molar-refractivity contribution is 5.72. The largest absolute Gasteiger partial charge is 0.466 e. The van der Waals surface area contributed by atoms with Crippen LogP contribution in [0.1, 0.15) is 27.7 Å². The molecule has 0 saturated carbocycles. The molecule has 0 aliphatic heterocycles. The lowest BCUT2D eigenvalue weighted by Crippen LogP contribution is -2.39. The Hall–Kier alpha value is -0.610. The predicted molar refractivity (Wildman–Crippen MR) is 59.8 cm³/mol. The lowest BCUT2D eigenvalue weighted by Gasteiger charge is -2.24. The molecule has 0 saturated heterocycles. The molecular weight excluding hydrogens is 194 g/mol. The van der Waals surface area contributed by atoms with Gasteiger partial charge in [-0.05, 0) is 20.8 Å². The van der Waals surface area contributed by atoms with E-state index in [1.165, 1.54) is 0 Å². The van der Waals surface area contributed by atoms with Crippen LogP contribution in [0.2, 0.25) is 0 Å². The molecule has 0 amide bonds. The summed E-state index contributed by atoms with van der Waals surface area (Å²) in [6.45, 7) is 9.42. The summed E-state index contributed by atoms with van der Waals surface area (Å²) in [5.41, 5.74) is -0.200. The third kappa shape index (κ3) is 6.47. The predicted octanol–water partition coefficient (Wildman–Crippen LogP) is 1.20. The van der Waals surface area contributed by atoms with Crippen molar-refractivity contribution in [3.8, 4) is 0 Å². The van der Waals surface area contributed by atoms with Crippen molar-refractivity contribution in [3.05, 3.63) is 0 Å². The molecule has 0 rings (SSSR count). The van der Waals surface area contributed by atoms with Gasteiger partial charge in [0.1, 0.15) is 0 Å². The lowest BCUT2D eigenvalue weighted by molar-refractivity contribution is -0.147. The molecule has 0 aromatic heterocycles. The lowest BCUT2D eigenvalue weighted by atomic mass is 10.1. The zero-order chi connectivity index (χ0) is 11.9. The van der Waals surface area contributed by atoms with Crippen LogP contribution in [-0.4, -0.2) is 38.4 Å². The molecule has 0 aromatic rings. The maximum atomic E-state index is 11.3. The molecule has 0 fully saturated rings. The number of carbonyl (C=O) groups excluding carboxylic acids is 1. The summed E-state index contributed by atoms with van der Waals surface area (Å²) < 4.78 is 10.2. The molecule has 4 heteroatoms. The summed E-state index contributed by atoms with van der Waals surface area (Å²) in [4.78, 5) is 11.3. The van der Waals surface area contributed by atoms with Gasteiger partial charge in [0.15, 0.2) is 0 Å². The molecule has 0 aliphatic rings. The fourth-order valence-electron chi connectivity index (χ4n) is 1.03. The van der Waals surface area contributed by atoms with E-state index in [4.69, 9.17) is 9.47 Å². The fourth-order valence-corrected chi connectivity index (χ4v) is 1.03. The maximum Gasteiger partial charge on any atom is 0.309 e. The quantitative estimate of drug-likeness (QED) is 0.651. The Kier molecular flexibility index (Phi) is 6.52. The number of nitrogens with one attached hydrogen (secondary N) is 1. The Morgan fingerprint density at radius 1 is 1.47 bits per heavy atom. The van der Waals surface area contributed by atoms with Gasteiger partial charge in [0, 0.05) is 20.2 Å². The van der Waals surface area contributed by atoms with E-state index in [1.54, 1.807) is 7.11 Å². The number of hydrogen-bond donors (Lipinski definition) is 1. The molecule has 90 valence electrons. The van der Waals surface area contributed by atoms with Crippen molar-refractivity contribution in [1.82, 2.24) is 5.32 Å². The number of methoxy groups -OCH3 is 1. The molecule has 0 aromatic carbocycles. The third-order valence-corrected chi connectivity index (χ3v) is 2.24. The second kappa shape index (κ2) is 6.80. The van der Waals surface area contributed by atoms with Crippen LogP contribution in [0.25, 0.3) is 0 Å². The number of rotatable bonds is 7. The minimum absolute atomic E-state index is 0.113. The molecule has 4 nitrogen and oxygen atoms in total. The van der Waals surface area contributed by atoms with Crippen LogP contribution in [0.4, 0.5) is 0 Å². The number of carbonyl (C=O) groups is 1. The zero-order valence-electron chi connectivity index (χ0n) is 10.4. The van der Waals surface area contributed by atoms with Crippen molar-refractivity contribution in [3.63, 3.8) is 0 Å². The molecule has 0 bridgehead atoms. The van der Waals surface area contributed by atoms with Crippen molar-refractivity contribution < 1.29 is 14.3 Å². The molecular formula is C11H23NO3. The summed E-state index contributed by atoms with van der Waals surface area (Å²) >= 11 is 0. The van der Waals surface area contributed by atoms with E-state index in [0.717, 1.165) is 0 Å². The SMILES string of the molecule is CCOC(=O)C(C)CNCC(C)(C)OC. The Morgan fingerprint density at radius 3 is 2.53 bits per heavy atom. The molecule has 0 heterocycles. The highest BCUT2D eigenvalue weighted by atomic mass is 16.5. The average molecular weight is 217 g/mol. The van der Waals surface area contributed by atoms with Crippen LogP contribution in [0.15, 0.2) is 0 Å². The first-order valence-corrected chi connectivity index (χ1v) is 5.35. The van der Waals surface area contributed by atoms with Gasteiger partial charge in [-0.2, -0.15) is 0 Å². The van der Waals surface area contributed by atoms with Gasteiger partial charge in [-0.15, -0.1) is 0 Å². The van der Waals surface area contributed by atoms with E-state index < -0.39 is 0 Å². The molecule has 1 unspecified atom stereocenters. The monoisotopic (exact) mass is 217 g/mol. The minimum atomic E-state index is -0.200. The van der Waals surface area contributed by atoms with Gasteiger partial charge in [-0.25, -0.2) is 0 Å². The van der Waals surface area contributed by atoms with E-state index in [2.05, 4.69) is 5.32 Å². The first-order valence-electron chi connectivity index (χ1n) is 5.35. The first-order chi connectivity index (χ1) is 6.93. The Morgan fingerprint density at radius 2 is 2.07 bits per heavy atom. The highest BCUT2D eigenvalue weighted by Gasteiger charge is 2.18. The van der Waals surface area contributed by atoms with Crippen LogP contribution in [0.5, 0.6) is 0 Å². The topological polar surface area (TPSA) is 47.6 Å². The van der Waals surface area contributed by atoms with Crippen LogP contribution in [0, 0.1) is 5.92 Å². The normalized spacial score (nSPS) is 13.7. The van der Waals surface area contributed by atoms with Crippen molar-refractivity contribution in [1.29, 1.82) is 0 Å². The molecule has 1 N–H and O–H groups in total. The van der Waals surface area contributed by atoms with Gasteiger partial charge in [-0.3, -0.25) is 4.79 Å². The van der Waals surface area contributed by atoms with Gasteiger partial charge >= 0.3 is 5.97 Å². The van der Waals surface area contributed by atoms with Gasteiger partial charge in [0.2, 0.25) is 0 Å². The van der Waals surface area contributed by atoms with Crippen molar-refractivity contribution >= 4 is 5.97 Å². The number of ether oxygens (including phenoxy) is 2. The van der Waals surface area contributed by atoms with Crippen molar-refractivity contribution in [2.24, 2.45) is 5.92 Å².